The van der Waals surface area contributed by atoms with Crippen LogP contribution in [0.2, 0.25) is 0 Å². The van der Waals surface area contributed by atoms with Crippen molar-refractivity contribution in [2.24, 2.45) is 7.05 Å². The molecule has 0 saturated carbocycles. The number of nitrogens with zero attached hydrogens (tertiary/aromatic N) is 5. The smallest absolute Gasteiger partial charge is 0.274 e. The van der Waals surface area contributed by atoms with Crippen molar-refractivity contribution in [3.05, 3.63) is 41.1 Å². The van der Waals surface area contributed by atoms with Crippen LogP contribution < -0.4 is 0 Å². The van der Waals surface area contributed by atoms with E-state index in [1.54, 1.807) is 0 Å². The van der Waals surface area contributed by atoms with E-state index in [4.69, 9.17) is 0 Å². The summed E-state index contributed by atoms with van der Waals surface area (Å²) in [5.41, 5.74) is 5.11. The van der Waals surface area contributed by atoms with Crippen LogP contribution in [0.15, 0.2) is 24.3 Å². The highest BCUT2D eigenvalue weighted by Gasteiger charge is 2.33. The molecule has 2 atom stereocenters. The molecule has 1 amide bonds. The van der Waals surface area contributed by atoms with E-state index in [0.29, 0.717) is 17.8 Å². The molecule has 0 N–H and O–H groups in total. The number of rotatable bonds is 5. The summed E-state index contributed by atoms with van der Waals surface area (Å²) in [4.78, 5) is 19.9. The number of likely N-dealkylation sites (N-methyl/N-ethyl adjacent to an activating group) is 1. The van der Waals surface area contributed by atoms with Crippen LogP contribution in [0, 0.1) is 13.8 Å². The normalized spacial score (nSPS) is 20.5. The molecule has 2 unspecified atom stereocenters. The number of carbonyl (C=O) groups is 1. The maximum absolute atomic E-state index is 13.2. The molecule has 0 spiro atoms. The lowest BCUT2D eigenvalue weighted by atomic mass is 10.0. The van der Waals surface area contributed by atoms with Crippen molar-refractivity contribution in [2.45, 2.75) is 39.8 Å². The molecule has 1 aliphatic heterocycles. The van der Waals surface area contributed by atoms with Gasteiger partial charge in [-0.25, -0.2) is 0 Å². The van der Waals surface area contributed by atoms with Crippen LogP contribution in [0.4, 0.5) is 0 Å². The van der Waals surface area contributed by atoms with Gasteiger partial charge in [0.1, 0.15) is 0 Å². The monoisotopic (exact) mass is 397 g/mol. The van der Waals surface area contributed by atoms with Crippen LogP contribution in [0.25, 0.3) is 11.3 Å². The van der Waals surface area contributed by atoms with Gasteiger partial charge >= 0.3 is 0 Å². The predicted octanol–water partition coefficient (Wildman–Crippen LogP) is 2.80. The van der Waals surface area contributed by atoms with E-state index in [1.165, 1.54) is 11.1 Å². The van der Waals surface area contributed by atoms with Gasteiger partial charge in [-0.1, -0.05) is 12.1 Å². The molecule has 2 heterocycles. The summed E-state index contributed by atoms with van der Waals surface area (Å²) in [5, 5.41) is 4.55. The first-order chi connectivity index (χ1) is 13.7. The highest BCUT2D eigenvalue weighted by molar-refractivity contribution is 5.93. The van der Waals surface area contributed by atoms with E-state index in [9.17, 15) is 4.79 Å². The summed E-state index contributed by atoms with van der Waals surface area (Å²) < 4.78 is 1.82. The fourth-order valence-electron chi connectivity index (χ4n) is 4.18. The van der Waals surface area contributed by atoms with Gasteiger partial charge in [-0.05, 0) is 65.0 Å². The Bertz CT molecular complexity index is 860. The third-order valence-electron chi connectivity index (χ3n) is 6.10. The topological polar surface area (TPSA) is 44.6 Å². The Kier molecular flexibility index (Phi) is 6.44. The zero-order chi connectivity index (χ0) is 21.3. The Morgan fingerprint density at radius 3 is 2.34 bits per heavy atom. The van der Waals surface area contributed by atoms with Crippen LogP contribution in [-0.4, -0.2) is 82.7 Å². The third-order valence-corrected chi connectivity index (χ3v) is 6.10. The standard InChI is InChI=1S/C23H35N5O/c1-16-8-9-20(12-17(16)2)22-13-21(24-26(22)7)23(29)27-14-18(3)28(19(4)15-27)11-10-25(5)6/h8-9,12-13,18-19H,10-11,14-15H2,1-7H3. The van der Waals surface area contributed by atoms with Gasteiger partial charge in [0.15, 0.2) is 5.69 Å². The summed E-state index contributed by atoms with van der Waals surface area (Å²) >= 11 is 0. The zero-order valence-corrected chi connectivity index (χ0v) is 18.9. The second-order valence-corrected chi connectivity index (χ2v) is 8.79. The third kappa shape index (κ3) is 4.70. The molecule has 1 fully saturated rings. The quantitative estimate of drug-likeness (QED) is 0.778. The maximum Gasteiger partial charge on any atom is 0.274 e. The number of hydrogen-bond donors (Lipinski definition) is 0. The summed E-state index contributed by atoms with van der Waals surface area (Å²) in [6, 6.07) is 8.99. The second-order valence-electron chi connectivity index (χ2n) is 8.79. The van der Waals surface area contributed by atoms with Gasteiger partial charge in [-0.3, -0.25) is 14.4 Å². The van der Waals surface area contributed by atoms with Crippen LogP contribution in [0.3, 0.4) is 0 Å². The van der Waals surface area contributed by atoms with Gasteiger partial charge < -0.3 is 9.80 Å². The average Bonchev–Trinajstić information content (AvgIpc) is 3.04. The highest BCUT2D eigenvalue weighted by Crippen LogP contribution is 2.24. The Morgan fingerprint density at radius 1 is 1.10 bits per heavy atom. The van der Waals surface area contributed by atoms with Crippen molar-refractivity contribution in [3.63, 3.8) is 0 Å². The maximum atomic E-state index is 13.2. The van der Waals surface area contributed by atoms with E-state index in [1.807, 2.05) is 22.7 Å². The minimum absolute atomic E-state index is 0.0293. The fourth-order valence-corrected chi connectivity index (χ4v) is 4.18. The highest BCUT2D eigenvalue weighted by atomic mass is 16.2. The van der Waals surface area contributed by atoms with Crippen LogP contribution >= 0.6 is 0 Å². The molecule has 0 aliphatic carbocycles. The molecule has 158 valence electrons. The van der Waals surface area contributed by atoms with E-state index in [-0.39, 0.29) is 5.91 Å². The molecule has 0 radical (unpaired) electrons. The number of hydrogen-bond acceptors (Lipinski definition) is 4. The Hall–Kier alpha value is -2.18. The summed E-state index contributed by atoms with van der Waals surface area (Å²) in [5.74, 6) is 0.0293. The van der Waals surface area contributed by atoms with Gasteiger partial charge in [-0.15, -0.1) is 0 Å². The minimum Gasteiger partial charge on any atom is -0.334 e. The molecule has 3 rings (SSSR count). The number of piperazine rings is 1. The van der Waals surface area contributed by atoms with Crippen molar-refractivity contribution in [1.82, 2.24) is 24.5 Å². The predicted molar refractivity (Wildman–Crippen MR) is 118 cm³/mol. The SMILES string of the molecule is Cc1ccc(-c2cc(C(=O)N3CC(C)N(CCN(C)C)C(C)C3)nn2C)cc1C. The molecule has 1 aromatic heterocycles. The van der Waals surface area contributed by atoms with Crippen molar-refractivity contribution >= 4 is 5.91 Å². The van der Waals surface area contributed by atoms with Crippen molar-refractivity contribution in [2.75, 3.05) is 40.3 Å². The lowest BCUT2D eigenvalue weighted by Crippen LogP contribution is -2.59. The van der Waals surface area contributed by atoms with Crippen molar-refractivity contribution in [1.29, 1.82) is 0 Å². The number of carbonyl (C=O) groups excluding carboxylic acids is 1. The fraction of sp³-hybridized carbons (Fsp3) is 0.565. The van der Waals surface area contributed by atoms with Crippen molar-refractivity contribution < 1.29 is 4.79 Å². The first-order valence-electron chi connectivity index (χ1n) is 10.5. The van der Waals surface area contributed by atoms with E-state index >= 15 is 0 Å². The molecule has 2 aromatic rings. The number of aromatic nitrogens is 2. The van der Waals surface area contributed by atoms with E-state index in [0.717, 1.165) is 37.4 Å². The zero-order valence-electron chi connectivity index (χ0n) is 18.9. The average molecular weight is 398 g/mol. The van der Waals surface area contributed by atoms with Crippen LogP contribution in [-0.2, 0) is 7.05 Å². The van der Waals surface area contributed by atoms with Crippen LogP contribution in [0.5, 0.6) is 0 Å². The molecular formula is C23H35N5O. The Morgan fingerprint density at radius 2 is 1.76 bits per heavy atom. The largest absolute Gasteiger partial charge is 0.334 e. The summed E-state index contributed by atoms with van der Waals surface area (Å²) in [7, 11) is 6.11. The van der Waals surface area contributed by atoms with Gasteiger partial charge in [0.05, 0.1) is 5.69 Å². The van der Waals surface area contributed by atoms with Gasteiger partial charge in [0.25, 0.3) is 5.91 Å². The second kappa shape index (κ2) is 8.67. The molecule has 6 heteroatoms. The molecule has 1 aromatic carbocycles. The summed E-state index contributed by atoms with van der Waals surface area (Å²) in [6.07, 6.45) is 0. The molecular weight excluding hydrogens is 362 g/mol. The molecule has 6 nitrogen and oxygen atoms in total. The lowest BCUT2D eigenvalue weighted by Gasteiger charge is -2.44. The number of benzene rings is 1. The minimum atomic E-state index is 0.0293. The number of amides is 1. The van der Waals surface area contributed by atoms with Crippen molar-refractivity contribution in [3.8, 4) is 11.3 Å². The molecule has 0 bridgehead atoms. The van der Waals surface area contributed by atoms with Gasteiger partial charge in [-0.2, -0.15) is 5.10 Å². The van der Waals surface area contributed by atoms with E-state index < -0.39 is 0 Å². The summed E-state index contributed by atoms with van der Waals surface area (Å²) in [6.45, 7) is 12.2. The van der Waals surface area contributed by atoms with Crippen LogP contribution in [0.1, 0.15) is 35.5 Å². The Labute approximate surface area is 175 Å². The first-order valence-corrected chi connectivity index (χ1v) is 10.5. The van der Waals surface area contributed by atoms with Gasteiger partial charge in [0.2, 0.25) is 0 Å². The van der Waals surface area contributed by atoms with E-state index in [2.05, 4.69) is 74.9 Å². The first kappa shape index (κ1) is 21.5. The number of aryl methyl sites for hydroxylation is 3. The molecule has 1 saturated heterocycles. The lowest BCUT2D eigenvalue weighted by molar-refractivity contribution is 0.0278. The molecule has 29 heavy (non-hydrogen) atoms. The molecule has 1 aliphatic rings. The van der Waals surface area contributed by atoms with Gasteiger partial charge in [0, 0.05) is 50.9 Å². The Balaban J connectivity index is 1.75.